The Hall–Kier alpha value is -0.970. The zero-order chi connectivity index (χ0) is 7.84. The number of alkyl halides is 1. The van der Waals surface area contributed by atoms with Crippen LogP contribution in [0, 0.1) is 0 Å². The van der Waals surface area contributed by atoms with E-state index in [0.717, 1.165) is 0 Å². The lowest BCUT2D eigenvalue weighted by Gasteiger charge is -2.21. The van der Waals surface area contributed by atoms with Crippen molar-refractivity contribution < 1.29 is 4.39 Å². The summed E-state index contributed by atoms with van der Waals surface area (Å²) in [5.74, 6) is 0.693. The standard InChI is InChI=1S/C6H9FN4/c7-4-1-5(8)6-9-3-10-11(6)2-4/h3-5H,1-2,8H2. The van der Waals surface area contributed by atoms with Crippen molar-refractivity contribution in [1.29, 1.82) is 0 Å². The van der Waals surface area contributed by atoms with Gasteiger partial charge in [-0.3, -0.25) is 0 Å². The number of hydrogen-bond acceptors (Lipinski definition) is 3. The highest BCUT2D eigenvalue weighted by Gasteiger charge is 2.25. The summed E-state index contributed by atoms with van der Waals surface area (Å²) in [4.78, 5) is 3.93. The zero-order valence-electron chi connectivity index (χ0n) is 5.94. The van der Waals surface area contributed by atoms with E-state index in [1.54, 1.807) is 0 Å². The molecule has 60 valence electrons. The first-order chi connectivity index (χ1) is 5.27. The summed E-state index contributed by atoms with van der Waals surface area (Å²) >= 11 is 0. The lowest BCUT2D eigenvalue weighted by atomic mass is 10.1. The lowest BCUT2D eigenvalue weighted by molar-refractivity contribution is 0.220. The molecule has 2 atom stereocenters. The van der Waals surface area contributed by atoms with Crippen molar-refractivity contribution in [3.8, 4) is 0 Å². The molecule has 0 saturated carbocycles. The fraction of sp³-hybridized carbons (Fsp3) is 0.667. The van der Waals surface area contributed by atoms with Gasteiger partial charge in [-0.05, 0) is 0 Å². The number of aromatic nitrogens is 3. The topological polar surface area (TPSA) is 56.7 Å². The Labute approximate surface area is 63.2 Å². The molecule has 5 heteroatoms. The van der Waals surface area contributed by atoms with E-state index in [1.165, 1.54) is 11.0 Å². The SMILES string of the molecule is NC1CC(F)Cn2ncnc21. The summed E-state index contributed by atoms with van der Waals surface area (Å²) in [6.07, 6.45) is 0.894. The molecule has 0 fully saturated rings. The van der Waals surface area contributed by atoms with Crippen molar-refractivity contribution in [3.05, 3.63) is 12.2 Å². The van der Waals surface area contributed by atoms with Crippen molar-refractivity contribution in [2.75, 3.05) is 0 Å². The van der Waals surface area contributed by atoms with Gasteiger partial charge in [-0.25, -0.2) is 14.1 Å². The number of nitrogens with zero attached hydrogens (tertiary/aromatic N) is 3. The number of hydrogen-bond donors (Lipinski definition) is 1. The molecule has 1 aliphatic heterocycles. The minimum atomic E-state index is -0.876. The third kappa shape index (κ3) is 1.01. The van der Waals surface area contributed by atoms with Gasteiger partial charge in [0.15, 0.2) is 0 Å². The number of halogens is 1. The molecule has 0 radical (unpaired) electrons. The molecule has 0 spiro atoms. The van der Waals surface area contributed by atoms with Crippen LogP contribution in [0.2, 0.25) is 0 Å². The van der Waals surface area contributed by atoms with Crippen LogP contribution in [0.5, 0.6) is 0 Å². The molecule has 0 amide bonds. The highest BCUT2D eigenvalue weighted by Crippen LogP contribution is 2.21. The van der Waals surface area contributed by atoms with Crippen LogP contribution in [-0.2, 0) is 6.54 Å². The van der Waals surface area contributed by atoms with E-state index < -0.39 is 6.17 Å². The summed E-state index contributed by atoms with van der Waals surface area (Å²) < 4.78 is 14.3. The molecule has 0 bridgehead atoms. The average Bonchev–Trinajstić information content (AvgIpc) is 2.34. The normalized spacial score (nSPS) is 30.0. The van der Waals surface area contributed by atoms with Crippen molar-refractivity contribution in [1.82, 2.24) is 14.8 Å². The van der Waals surface area contributed by atoms with E-state index in [9.17, 15) is 4.39 Å². The first-order valence-electron chi connectivity index (χ1n) is 3.54. The van der Waals surface area contributed by atoms with E-state index in [2.05, 4.69) is 10.1 Å². The van der Waals surface area contributed by atoms with E-state index >= 15 is 0 Å². The third-order valence-corrected chi connectivity index (χ3v) is 1.86. The Balaban J connectivity index is 2.36. The van der Waals surface area contributed by atoms with Gasteiger partial charge < -0.3 is 5.73 Å². The molecule has 2 N–H and O–H groups in total. The van der Waals surface area contributed by atoms with Crippen LogP contribution in [-0.4, -0.2) is 20.9 Å². The Bertz CT molecular complexity index is 259. The molecule has 2 heterocycles. The molecule has 0 aliphatic carbocycles. The average molecular weight is 156 g/mol. The van der Waals surface area contributed by atoms with Crippen LogP contribution in [0.25, 0.3) is 0 Å². The van der Waals surface area contributed by atoms with Gasteiger partial charge in [0.1, 0.15) is 18.3 Å². The quantitative estimate of drug-likeness (QED) is 0.576. The smallest absolute Gasteiger partial charge is 0.143 e. The summed E-state index contributed by atoms with van der Waals surface area (Å²) in [5.41, 5.74) is 5.62. The van der Waals surface area contributed by atoms with Gasteiger partial charge in [0.25, 0.3) is 0 Å². The van der Waals surface area contributed by atoms with E-state index in [4.69, 9.17) is 5.73 Å². The van der Waals surface area contributed by atoms with Crippen molar-refractivity contribution >= 4 is 0 Å². The molecule has 0 aromatic carbocycles. The van der Waals surface area contributed by atoms with Gasteiger partial charge >= 0.3 is 0 Å². The number of fused-ring (bicyclic) bond motifs is 1. The maximum absolute atomic E-state index is 12.8. The fourth-order valence-corrected chi connectivity index (χ4v) is 1.34. The van der Waals surface area contributed by atoms with E-state index in [1.807, 2.05) is 0 Å². The predicted molar refractivity (Wildman–Crippen MR) is 36.5 cm³/mol. The maximum atomic E-state index is 12.8. The summed E-state index contributed by atoms with van der Waals surface area (Å²) in [5, 5.41) is 3.84. The molecule has 1 aromatic heterocycles. The first kappa shape index (κ1) is 6.72. The van der Waals surface area contributed by atoms with Gasteiger partial charge in [0.05, 0.1) is 12.6 Å². The molecular formula is C6H9FN4. The molecule has 2 unspecified atom stereocenters. The molecule has 1 aromatic rings. The largest absolute Gasteiger partial charge is 0.321 e. The van der Waals surface area contributed by atoms with Crippen LogP contribution in [0.4, 0.5) is 4.39 Å². The first-order valence-corrected chi connectivity index (χ1v) is 3.54. The Morgan fingerprint density at radius 1 is 1.73 bits per heavy atom. The van der Waals surface area contributed by atoms with Crippen molar-refractivity contribution in [2.24, 2.45) is 5.73 Å². The second kappa shape index (κ2) is 2.27. The second-order valence-electron chi connectivity index (χ2n) is 2.74. The second-order valence-corrected chi connectivity index (χ2v) is 2.74. The molecule has 1 aliphatic rings. The summed E-state index contributed by atoms with van der Waals surface area (Å²) in [6.45, 7) is 0.295. The molecule has 11 heavy (non-hydrogen) atoms. The molecular weight excluding hydrogens is 147 g/mol. The summed E-state index contributed by atoms with van der Waals surface area (Å²) in [6, 6.07) is -0.291. The third-order valence-electron chi connectivity index (χ3n) is 1.86. The molecule has 4 nitrogen and oxygen atoms in total. The van der Waals surface area contributed by atoms with Gasteiger partial charge in [-0.15, -0.1) is 0 Å². The number of nitrogens with two attached hydrogens (primary N) is 1. The molecule has 2 rings (SSSR count). The van der Waals surface area contributed by atoms with Crippen LogP contribution in [0.1, 0.15) is 18.3 Å². The Morgan fingerprint density at radius 2 is 2.55 bits per heavy atom. The van der Waals surface area contributed by atoms with Crippen LogP contribution >= 0.6 is 0 Å². The van der Waals surface area contributed by atoms with Crippen LogP contribution < -0.4 is 5.73 Å². The zero-order valence-corrected chi connectivity index (χ0v) is 5.94. The van der Waals surface area contributed by atoms with Gasteiger partial charge in [0, 0.05) is 6.42 Å². The number of rotatable bonds is 0. The van der Waals surface area contributed by atoms with Gasteiger partial charge in [0.2, 0.25) is 0 Å². The highest BCUT2D eigenvalue weighted by molar-refractivity contribution is 4.97. The van der Waals surface area contributed by atoms with Crippen LogP contribution in [0.15, 0.2) is 6.33 Å². The van der Waals surface area contributed by atoms with Crippen molar-refractivity contribution in [2.45, 2.75) is 25.2 Å². The highest BCUT2D eigenvalue weighted by atomic mass is 19.1. The fourth-order valence-electron chi connectivity index (χ4n) is 1.34. The Morgan fingerprint density at radius 3 is 3.36 bits per heavy atom. The lowest BCUT2D eigenvalue weighted by Crippen LogP contribution is -2.30. The van der Waals surface area contributed by atoms with E-state index in [-0.39, 0.29) is 6.04 Å². The van der Waals surface area contributed by atoms with Crippen LogP contribution in [0.3, 0.4) is 0 Å². The van der Waals surface area contributed by atoms with E-state index in [0.29, 0.717) is 18.8 Å². The summed E-state index contributed by atoms with van der Waals surface area (Å²) in [7, 11) is 0. The predicted octanol–water partition coefficient (Wildman–Crippen LogP) is 0.0197. The van der Waals surface area contributed by atoms with Gasteiger partial charge in [-0.1, -0.05) is 0 Å². The van der Waals surface area contributed by atoms with Crippen molar-refractivity contribution in [3.63, 3.8) is 0 Å². The monoisotopic (exact) mass is 156 g/mol. The minimum Gasteiger partial charge on any atom is -0.321 e. The van der Waals surface area contributed by atoms with Gasteiger partial charge in [-0.2, -0.15) is 5.10 Å². The minimum absolute atomic E-state index is 0.291. The Kier molecular flexibility index (Phi) is 1.38. The molecule has 0 saturated heterocycles. The maximum Gasteiger partial charge on any atom is 0.143 e.